The first-order valence-electron chi connectivity index (χ1n) is 13.4. The van der Waals surface area contributed by atoms with E-state index in [4.69, 9.17) is 11.6 Å². The number of anilines is 1. The van der Waals surface area contributed by atoms with Crippen LogP contribution in [0.5, 0.6) is 0 Å². The molecule has 2 amide bonds. The van der Waals surface area contributed by atoms with Gasteiger partial charge in [-0.2, -0.15) is 0 Å². The van der Waals surface area contributed by atoms with Crippen LogP contribution in [-0.4, -0.2) is 29.3 Å². The van der Waals surface area contributed by atoms with Gasteiger partial charge in [-0.15, -0.1) is 0 Å². The quantitative estimate of drug-likeness (QED) is 0.425. The standard InChI is InChI=1S/C31H32ClN3O2/c32-25-16-9-15-23-28(25)34-27(20-10-3-1-4-11-20)24-18-19-35(29(23)24)31(37)22-14-7-8-17-26(22)33-30(36)21-12-5-2-6-13-21/h1-6,9-13,15-16,22,24,26-27,29,34H,7-8,14,17-19H2,(H,33,36)/t22-,24-,26+,27+,29+/m0/s1. The van der Waals surface area contributed by atoms with Crippen LogP contribution in [0.2, 0.25) is 5.02 Å². The van der Waals surface area contributed by atoms with Gasteiger partial charge in [-0.25, -0.2) is 0 Å². The number of carbonyl (C=O) groups is 2. The lowest BCUT2D eigenvalue weighted by molar-refractivity contribution is -0.138. The van der Waals surface area contributed by atoms with Crippen LogP contribution in [0.1, 0.15) is 65.7 Å². The number of halogens is 1. The summed E-state index contributed by atoms with van der Waals surface area (Å²) in [6.45, 7) is 0.709. The van der Waals surface area contributed by atoms with Gasteiger partial charge in [0.05, 0.1) is 28.7 Å². The predicted octanol–water partition coefficient (Wildman–Crippen LogP) is 6.39. The lowest BCUT2D eigenvalue weighted by Crippen LogP contribution is -2.50. The average molecular weight is 514 g/mol. The molecule has 3 aromatic rings. The summed E-state index contributed by atoms with van der Waals surface area (Å²) >= 11 is 6.69. The second kappa shape index (κ2) is 10.2. The normalized spacial score (nSPS) is 26.5. The van der Waals surface area contributed by atoms with E-state index >= 15 is 0 Å². The Morgan fingerprint density at radius 3 is 2.38 bits per heavy atom. The fourth-order valence-corrected chi connectivity index (χ4v) is 6.89. The van der Waals surface area contributed by atoms with Gasteiger partial charge in [-0.05, 0) is 48.6 Å². The van der Waals surface area contributed by atoms with E-state index < -0.39 is 0 Å². The molecule has 190 valence electrons. The van der Waals surface area contributed by atoms with Gasteiger partial charge in [-0.3, -0.25) is 9.59 Å². The van der Waals surface area contributed by atoms with Gasteiger partial charge in [-0.1, -0.05) is 85.1 Å². The molecule has 0 unspecified atom stereocenters. The molecule has 1 saturated heterocycles. The van der Waals surface area contributed by atoms with E-state index in [1.165, 1.54) is 5.56 Å². The summed E-state index contributed by atoms with van der Waals surface area (Å²) in [5.41, 5.74) is 3.86. The summed E-state index contributed by atoms with van der Waals surface area (Å²) in [5, 5.41) is 7.61. The van der Waals surface area contributed by atoms with Crippen LogP contribution in [0.4, 0.5) is 5.69 Å². The molecule has 2 heterocycles. The molecule has 6 rings (SSSR count). The molecule has 6 heteroatoms. The van der Waals surface area contributed by atoms with Crippen LogP contribution in [0.15, 0.2) is 78.9 Å². The Kier molecular flexibility index (Phi) is 6.64. The molecule has 5 atom stereocenters. The molecule has 3 aliphatic rings. The maximum absolute atomic E-state index is 14.2. The summed E-state index contributed by atoms with van der Waals surface area (Å²) in [5.74, 6) is 0.0871. The van der Waals surface area contributed by atoms with Gasteiger partial charge in [0.25, 0.3) is 5.91 Å². The van der Waals surface area contributed by atoms with Crippen molar-refractivity contribution in [1.29, 1.82) is 0 Å². The summed E-state index contributed by atoms with van der Waals surface area (Å²) in [7, 11) is 0. The fourth-order valence-electron chi connectivity index (χ4n) is 6.66. The largest absolute Gasteiger partial charge is 0.376 e. The zero-order chi connectivity index (χ0) is 25.4. The molecule has 0 aromatic heterocycles. The first-order valence-corrected chi connectivity index (χ1v) is 13.8. The molecule has 0 radical (unpaired) electrons. The number of carbonyl (C=O) groups excluding carboxylic acids is 2. The maximum Gasteiger partial charge on any atom is 0.251 e. The number of amides is 2. The van der Waals surface area contributed by atoms with Gasteiger partial charge in [0.15, 0.2) is 0 Å². The van der Waals surface area contributed by atoms with Crippen molar-refractivity contribution in [3.63, 3.8) is 0 Å². The van der Waals surface area contributed by atoms with Crippen molar-refractivity contribution in [3.8, 4) is 0 Å². The third-order valence-corrected chi connectivity index (χ3v) is 8.73. The minimum absolute atomic E-state index is 0.0416. The molecule has 37 heavy (non-hydrogen) atoms. The molecule has 0 bridgehead atoms. The van der Waals surface area contributed by atoms with Crippen molar-refractivity contribution in [1.82, 2.24) is 10.2 Å². The first kappa shape index (κ1) is 24.1. The highest BCUT2D eigenvalue weighted by Gasteiger charge is 2.48. The maximum atomic E-state index is 14.2. The van der Waals surface area contributed by atoms with Crippen molar-refractivity contribution in [2.24, 2.45) is 11.8 Å². The number of fused-ring (bicyclic) bond motifs is 3. The van der Waals surface area contributed by atoms with E-state index in [-0.39, 0.29) is 41.8 Å². The third-order valence-electron chi connectivity index (χ3n) is 8.41. The molecule has 2 fully saturated rings. The Labute approximate surface area is 223 Å². The predicted molar refractivity (Wildman–Crippen MR) is 146 cm³/mol. The Morgan fingerprint density at radius 2 is 1.59 bits per heavy atom. The molecule has 2 N–H and O–H groups in total. The number of para-hydroxylation sites is 1. The highest BCUT2D eigenvalue weighted by molar-refractivity contribution is 6.33. The summed E-state index contributed by atoms with van der Waals surface area (Å²) in [6, 6.07) is 25.6. The minimum atomic E-state index is -0.215. The number of likely N-dealkylation sites (tertiary alicyclic amines) is 1. The van der Waals surface area contributed by atoms with Gasteiger partial charge in [0.1, 0.15) is 0 Å². The molecule has 2 aliphatic heterocycles. The van der Waals surface area contributed by atoms with E-state index in [0.717, 1.165) is 43.4 Å². The van der Waals surface area contributed by atoms with E-state index in [2.05, 4.69) is 45.9 Å². The van der Waals surface area contributed by atoms with Crippen LogP contribution in [0, 0.1) is 11.8 Å². The Balaban J connectivity index is 1.30. The number of hydrogen-bond donors (Lipinski definition) is 2. The van der Waals surface area contributed by atoms with Crippen molar-refractivity contribution in [2.45, 2.75) is 50.2 Å². The third kappa shape index (κ3) is 4.50. The number of nitrogens with one attached hydrogen (secondary N) is 2. The van der Waals surface area contributed by atoms with E-state index in [9.17, 15) is 9.59 Å². The molecule has 1 aliphatic carbocycles. The molecule has 0 spiro atoms. The fraction of sp³-hybridized carbons (Fsp3) is 0.355. The smallest absolute Gasteiger partial charge is 0.251 e. The topological polar surface area (TPSA) is 61.4 Å². The molecule has 5 nitrogen and oxygen atoms in total. The number of hydrogen-bond acceptors (Lipinski definition) is 3. The van der Waals surface area contributed by atoms with E-state index in [1.54, 1.807) is 0 Å². The van der Waals surface area contributed by atoms with Crippen molar-refractivity contribution < 1.29 is 9.59 Å². The summed E-state index contributed by atoms with van der Waals surface area (Å²) in [4.78, 5) is 29.3. The Morgan fingerprint density at radius 1 is 0.865 bits per heavy atom. The van der Waals surface area contributed by atoms with E-state index in [1.807, 2.05) is 48.5 Å². The van der Waals surface area contributed by atoms with Crippen molar-refractivity contribution in [3.05, 3.63) is 101 Å². The van der Waals surface area contributed by atoms with Gasteiger partial charge in [0.2, 0.25) is 5.91 Å². The highest BCUT2D eigenvalue weighted by Crippen LogP contribution is 2.53. The lowest BCUT2D eigenvalue weighted by Gasteiger charge is -2.42. The van der Waals surface area contributed by atoms with Crippen LogP contribution >= 0.6 is 11.6 Å². The Hall–Kier alpha value is -3.31. The summed E-state index contributed by atoms with van der Waals surface area (Å²) in [6.07, 6.45) is 4.58. The monoisotopic (exact) mass is 513 g/mol. The minimum Gasteiger partial charge on any atom is -0.376 e. The van der Waals surface area contributed by atoms with E-state index in [0.29, 0.717) is 17.1 Å². The number of benzene rings is 3. The van der Waals surface area contributed by atoms with Gasteiger partial charge in [0, 0.05) is 24.1 Å². The van der Waals surface area contributed by atoms with Crippen LogP contribution in [0.3, 0.4) is 0 Å². The van der Waals surface area contributed by atoms with Crippen molar-refractivity contribution in [2.75, 3.05) is 11.9 Å². The zero-order valence-corrected chi connectivity index (χ0v) is 21.5. The van der Waals surface area contributed by atoms with Gasteiger partial charge >= 0.3 is 0 Å². The molecular formula is C31H32ClN3O2. The zero-order valence-electron chi connectivity index (χ0n) is 20.8. The van der Waals surface area contributed by atoms with Crippen LogP contribution < -0.4 is 10.6 Å². The molecule has 1 saturated carbocycles. The molecule has 3 aromatic carbocycles. The second-order valence-corrected chi connectivity index (χ2v) is 10.9. The van der Waals surface area contributed by atoms with Crippen LogP contribution in [-0.2, 0) is 4.79 Å². The first-order chi connectivity index (χ1) is 18.1. The lowest BCUT2D eigenvalue weighted by atomic mass is 9.79. The summed E-state index contributed by atoms with van der Waals surface area (Å²) < 4.78 is 0. The number of nitrogens with zero attached hydrogens (tertiary/aromatic N) is 1. The SMILES string of the molecule is O=C(N[C@@H]1CCCC[C@@H]1C(=O)N1CC[C@H]2[C@@H](c3ccccc3)Nc3c(Cl)cccc3[C@H]21)c1ccccc1. The number of rotatable bonds is 4. The molecular weight excluding hydrogens is 482 g/mol. The second-order valence-electron chi connectivity index (χ2n) is 10.5. The van der Waals surface area contributed by atoms with Crippen LogP contribution in [0.25, 0.3) is 0 Å². The Bertz CT molecular complexity index is 1280. The average Bonchev–Trinajstić information content (AvgIpc) is 3.39. The highest BCUT2D eigenvalue weighted by atomic mass is 35.5. The van der Waals surface area contributed by atoms with Gasteiger partial charge < -0.3 is 15.5 Å². The van der Waals surface area contributed by atoms with Crippen molar-refractivity contribution >= 4 is 29.1 Å².